The Bertz CT molecular complexity index is 1050. The van der Waals surface area contributed by atoms with E-state index in [0.29, 0.717) is 5.56 Å². The smallest absolute Gasteiger partial charge is 0.326 e. The zero-order valence-corrected chi connectivity index (χ0v) is 14.9. The summed E-state index contributed by atoms with van der Waals surface area (Å²) < 4.78 is 0. The molecule has 0 heterocycles. The van der Waals surface area contributed by atoms with E-state index >= 15 is 0 Å². The summed E-state index contributed by atoms with van der Waals surface area (Å²) in [5.41, 5.74) is 1.12. The number of carbonyl (C=O) groups excluding carboxylic acids is 1. The molecule has 0 saturated heterocycles. The van der Waals surface area contributed by atoms with E-state index in [1.807, 2.05) is 42.5 Å². The number of aliphatic carboxylic acids is 1. The van der Waals surface area contributed by atoms with E-state index in [2.05, 4.69) is 5.32 Å². The number of amides is 1. The Labute approximate surface area is 160 Å². The maximum Gasteiger partial charge on any atom is 0.326 e. The third-order valence-corrected chi connectivity index (χ3v) is 4.37. The fraction of sp³-hybridized carbons (Fsp3) is 0.143. The first kappa shape index (κ1) is 19.0. The van der Waals surface area contributed by atoms with Gasteiger partial charge in [0, 0.05) is 18.6 Å². The number of nitro groups is 1. The van der Waals surface area contributed by atoms with Gasteiger partial charge in [0.05, 0.1) is 11.3 Å². The van der Waals surface area contributed by atoms with Crippen molar-refractivity contribution in [2.75, 3.05) is 0 Å². The van der Waals surface area contributed by atoms with Crippen LogP contribution in [0.3, 0.4) is 0 Å². The molecule has 0 aliphatic rings. The Balaban J connectivity index is 1.69. The normalized spacial score (nSPS) is 11.7. The van der Waals surface area contributed by atoms with Gasteiger partial charge in [0.1, 0.15) is 6.04 Å². The van der Waals surface area contributed by atoms with Gasteiger partial charge in [-0.15, -0.1) is 0 Å². The number of carboxylic acids is 1. The first-order valence-electron chi connectivity index (χ1n) is 8.65. The van der Waals surface area contributed by atoms with E-state index in [4.69, 9.17) is 0 Å². The van der Waals surface area contributed by atoms with E-state index in [1.165, 1.54) is 18.2 Å². The monoisotopic (exact) mass is 378 g/mol. The fourth-order valence-electron chi connectivity index (χ4n) is 3.01. The molecule has 3 aromatic rings. The van der Waals surface area contributed by atoms with Crippen LogP contribution >= 0.6 is 0 Å². The average Bonchev–Trinajstić information content (AvgIpc) is 2.67. The number of carbonyl (C=O) groups is 2. The van der Waals surface area contributed by atoms with Crippen molar-refractivity contribution < 1.29 is 19.6 Å². The Morgan fingerprint density at radius 3 is 2.43 bits per heavy atom. The molecule has 1 atom stereocenters. The number of rotatable bonds is 7. The number of nitrogens with zero attached hydrogens (tertiary/aromatic N) is 1. The number of hydrogen-bond acceptors (Lipinski definition) is 4. The zero-order chi connectivity index (χ0) is 20.1. The highest BCUT2D eigenvalue weighted by atomic mass is 16.6. The van der Waals surface area contributed by atoms with Crippen molar-refractivity contribution in [3.8, 4) is 0 Å². The van der Waals surface area contributed by atoms with Crippen LogP contribution in [0.5, 0.6) is 0 Å². The molecule has 0 aliphatic heterocycles. The van der Waals surface area contributed by atoms with Gasteiger partial charge in [-0.25, -0.2) is 4.79 Å². The zero-order valence-electron chi connectivity index (χ0n) is 14.9. The molecule has 0 bridgehead atoms. The van der Waals surface area contributed by atoms with Gasteiger partial charge in [-0.1, -0.05) is 54.6 Å². The molecule has 0 unspecified atom stereocenters. The molecule has 0 fully saturated rings. The molecule has 3 rings (SSSR count). The molecule has 0 aromatic heterocycles. The topological polar surface area (TPSA) is 110 Å². The van der Waals surface area contributed by atoms with Crippen LogP contribution in [0.1, 0.15) is 11.1 Å². The number of hydrogen-bond donors (Lipinski definition) is 2. The largest absolute Gasteiger partial charge is 0.480 e. The quantitative estimate of drug-likeness (QED) is 0.485. The minimum atomic E-state index is -1.14. The molecule has 28 heavy (non-hydrogen) atoms. The number of nitro benzene ring substituents is 1. The molecule has 3 aromatic carbocycles. The molecular weight excluding hydrogens is 360 g/mol. The molecule has 0 aliphatic carbocycles. The molecule has 0 spiro atoms. The summed E-state index contributed by atoms with van der Waals surface area (Å²) in [7, 11) is 0. The highest BCUT2D eigenvalue weighted by molar-refractivity contribution is 5.86. The summed E-state index contributed by atoms with van der Waals surface area (Å²) in [5, 5.41) is 24.8. The highest BCUT2D eigenvalue weighted by Gasteiger charge is 2.21. The second-order valence-electron chi connectivity index (χ2n) is 6.45. The molecule has 7 nitrogen and oxygen atoms in total. The van der Waals surface area contributed by atoms with Crippen LogP contribution in [0.4, 0.5) is 5.69 Å². The van der Waals surface area contributed by atoms with Gasteiger partial charge >= 0.3 is 5.97 Å². The summed E-state index contributed by atoms with van der Waals surface area (Å²) in [6, 6.07) is 18.0. The van der Waals surface area contributed by atoms with E-state index < -0.39 is 22.8 Å². The Morgan fingerprint density at radius 1 is 0.964 bits per heavy atom. The second kappa shape index (κ2) is 8.30. The van der Waals surface area contributed by atoms with Crippen molar-refractivity contribution in [2.24, 2.45) is 0 Å². The van der Waals surface area contributed by atoms with E-state index in [9.17, 15) is 24.8 Å². The third-order valence-electron chi connectivity index (χ3n) is 4.37. The summed E-state index contributed by atoms with van der Waals surface area (Å²) in [6.07, 6.45) is 0.00399. The first-order chi connectivity index (χ1) is 13.4. The molecule has 1 amide bonds. The van der Waals surface area contributed by atoms with Gasteiger partial charge in [0.2, 0.25) is 5.91 Å². The van der Waals surface area contributed by atoms with Crippen LogP contribution in [0.15, 0.2) is 66.7 Å². The van der Waals surface area contributed by atoms with Crippen LogP contribution in [-0.2, 0) is 22.4 Å². The van der Waals surface area contributed by atoms with Crippen molar-refractivity contribution in [2.45, 2.75) is 18.9 Å². The third kappa shape index (κ3) is 4.70. The lowest BCUT2D eigenvalue weighted by atomic mass is 10.0. The minimum absolute atomic E-state index is 0.115. The van der Waals surface area contributed by atoms with Crippen LogP contribution in [-0.4, -0.2) is 27.9 Å². The van der Waals surface area contributed by atoms with Gasteiger partial charge in [0.25, 0.3) is 5.69 Å². The summed E-state index contributed by atoms with van der Waals surface area (Å²) >= 11 is 0. The number of nitrogens with one attached hydrogen (secondary N) is 1. The SMILES string of the molecule is O=C(Cc1cccc([N+](=O)[O-])c1)N[C@@H](Cc1ccc2ccccc2c1)C(=O)O. The second-order valence-corrected chi connectivity index (χ2v) is 6.45. The minimum Gasteiger partial charge on any atom is -0.480 e. The van der Waals surface area contributed by atoms with Crippen LogP contribution < -0.4 is 5.32 Å². The molecule has 7 heteroatoms. The van der Waals surface area contributed by atoms with Gasteiger partial charge in [0.15, 0.2) is 0 Å². The van der Waals surface area contributed by atoms with Crippen LogP contribution in [0.2, 0.25) is 0 Å². The Kier molecular flexibility index (Phi) is 5.64. The fourth-order valence-corrected chi connectivity index (χ4v) is 3.01. The Hall–Kier alpha value is -3.74. The summed E-state index contributed by atoms with van der Waals surface area (Å²) in [6.45, 7) is 0. The molecule has 0 radical (unpaired) electrons. The lowest BCUT2D eigenvalue weighted by molar-refractivity contribution is -0.384. The van der Waals surface area contributed by atoms with Crippen LogP contribution in [0, 0.1) is 10.1 Å². The maximum absolute atomic E-state index is 12.3. The molecular formula is C21H18N2O5. The van der Waals surface area contributed by atoms with Crippen molar-refractivity contribution in [3.05, 3.63) is 88.0 Å². The van der Waals surface area contributed by atoms with Gasteiger partial charge in [-0.05, 0) is 21.9 Å². The summed E-state index contributed by atoms with van der Waals surface area (Å²) in [5.74, 6) is -1.64. The molecule has 142 valence electrons. The number of fused-ring (bicyclic) bond motifs is 1. The van der Waals surface area contributed by atoms with Crippen LogP contribution in [0.25, 0.3) is 10.8 Å². The van der Waals surface area contributed by atoms with Crippen molar-refractivity contribution in [3.63, 3.8) is 0 Å². The maximum atomic E-state index is 12.3. The lowest BCUT2D eigenvalue weighted by Crippen LogP contribution is -2.43. The van der Waals surface area contributed by atoms with Gasteiger partial charge in [-0.2, -0.15) is 0 Å². The summed E-state index contributed by atoms with van der Waals surface area (Å²) in [4.78, 5) is 34.2. The number of benzene rings is 3. The van der Waals surface area contributed by atoms with E-state index in [0.717, 1.165) is 16.3 Å². The predicted molar refractivity (Wildman–Crippen MR) is 104 cm³/mol. The standard InChI is InChI=1S/C21H18N2O5/c24-20(13-14-4-3-7-18(11-14)23(27)28)22-19(21(25)26)12-15-8-9-16-5-1-2-6-17(16)10-15/h1-11,19H,12-13H2,(H,22,24)(H,25,26)/t19-/m0/s1. The Morgan fingerprint density at radius 2 is 1.71 bits per heavy atom. The van der Waals surface area contributed by atoms with Gasteiger partial charge < -0.3 is 10.4 Å². The van der Waals surface area contributed by atoms with Crippen molar-refractivity contribution in [1.29, 1.82) is 0 Å². The lowest BCUT2D eigenvalue weighted by Gasteiger charge is -2.15. The number of non-ortho nitro benzene ring substituents is 1. The molecule has 2 N–H and O–H groups in total. The molecule has 0 saturated carbocycles. The van der Waals surface area contributed by atoms with Crippen molar-refractivity contribution >= 4 is 28.3 Å². The van der Waals surface area contributed by atoms with E-state index in [-0.39, 0.29) is 18.5 Å². The first-order valence-corrected chi connectivity index (χ1v) is 8.65. The van der Waals surface area contributed by atoms with Gasteiger partial charge in [-0.3, -0.25) is 14.9 Å². The predicted octanol–water partition coefficient (Wildman–Crippen LogP) is 3.10. The van der Waals surface area contributed by atoms with Crippen molar-refractivity contribution in [1.82, 2.24) is 5.32 Å². The average molecular weight is 378 g/mol. The van der Waals surface area contributed by atoms with E-state index in [1.54, 1.807) is 6.07 Å². The number of carboxylic acid groups (broad SMARTS) is 1. The highest BCUT2D eigenvalue weighted by Crippen LogP contribution is 2.17.